The number of hydrogen-bond acceptors (Lipinski definition) is 4. The van der Waals surface area contributed by atoms with Gasteiger partial charge in [-0.05, 0) is 54.8 Å². The fourth-order valence-corrected chi connectivity index (χ4v) is 5.37. The third kappa shape index (κ3) is 8.13. The smallest absolute Gasteiger partial charge is 0.261 e. The number of carbonyl (C=O) groups excluding carboxylic acids is 2. The zero-order valence-electron chi connectivity index (χ0n) is 22.1. The van der Waals surface area contributed by atoms with E-state index in [2.05, 4.69) is 5.32 Å². The van der Waals surface area contributed by atoms with Crippen LogP contribution < -0.4 is 14.8 Å². The monoisotopic (exact) mass is 568 g/mol. The highest BCUT2D eigenvalue weighted by Gasteiger charge is 2.33. The first kappa shape index (κ1) is 28.8. The number of amides is 2. The second-order valence-electron chi connectivity index (χ2n) is 9.74. The van der Waals surface area contributed by atoms with Crippen LogP contribution in [-0.4, -0.2) is 42.5 Å². The van der Waals surface area contributed by atoms with E-state index in [1.807, 2.05) is 30.3 Å². The zero-order chi connectivity index (χ0) is 27.6. The van der Waals surface area contributed by atoms with Crippen molar-refractivity contribution in [2.75, 3.05) is 13.7 Å². The second-order valence-corrected chi connectivity index (χ2v) is 10.5. The van der Waals surface area contributed by atoms with E-state index in [1.165, 1.54) is 6.42 Å². The Balaban J connectivity index is 1.63. The van der Waals surface area contributed by atoms with Crippen LogP contribution in [0.4, 0.5) is 0 Å². The maximum absolute atomic E-state index is 13.8. The Labute approximate surface area is 240 Å². The fourth-order valence-electron chi connectivity index (χ4n) is 4.85. The average molecular weight is 570 g/mol. The number of hydrogen-bond donors (Lipinski definition) is 1. The molecule has 3 aromatic rings. The lowest BCUT2D eigenvalue weighted by molar-refractivity contribution is -0.143. The lowest BCUT2D eigenvalue weighted by atomic mass is 9.94. The van der Waals surface area contributed by atoms with Crippen molar-refractivity contribution in [3.63, 3.8) is 0 Å². The SMILES string of the molecule is COc1ccc(OCC(=O)N(Cc2c(Cl)cccc2Cl)[C@H](Cc2ccccc2)C(=O)NC2CCCCC2)cc1. The second kappa shape index (κ2) is 14.2. The fraction of sp³-hybridized carbons (Fsp3) is 0.355. The maximum Gasteiger partial charge on any atom is 0.261 e. The molecule has 39 heavy (non-hydrogen) atoms. The summed E-state index contributed by atoms with van der Waals surface area (Å²) in [5.74, 6) is 0.672. The minimum Gasteiger partial charge on any atom is -0.497 e. The molecular formula is C31H34Cl2N2O4. The molecule has 1 aliphatic carbocycles. The molecule has 0 radical (unpaired) electrons. The number of benzene rings is 3. The highest BCUT2D eigenvalue weighted by molar-refractivity contribution is 6.36. The van der Waals surface area contributed by atoms with E-state index >= 15 is 0 Å². The van der Waals surface area contributed by atoms with Crippen LogP contribution in [0.2, 0.25) is 10.0 Å². The number of carbonyl (C=O) groups is 2. The average Bonchev–Trinajstić information content (AvgIpc) is 2.96. The van der Waals surface area contributed by atoms with Crippen LogP contribution in [0.1, 0.15) is 43.2 Å². The summed E-state index contributed by atoms with van der Waals surface area (Å²) in [4.78, 5) is 29.2. The molecule has 6 nitrogen and oxygen atoms in total. The molecule has 0 saturated heterocycles. The molecule has 0 bridgehead atoms. The lowest BCUT2D eigenvalue weighted by Gasteiger charge is -2.33. The molecule has 1 saturated carbocycles. The van der Waals surface area contributed by atoms with E-state index in [1.54, 1.807) is 54.5 Å². The van der Waals surface area contributed by atoms with Crippen molar-refractivity contribution < 1.29 is 19.1 Å². The van der Waals surface area contributed by atoms with Gasteiger partial charge in [-0.2, -0.15) is 0 Å². The van der Waals surface area contributed by atoms with Gasteiger partial charge < -0.3 is 19.7 Å². The van der Waals surface area contributed by atoms with Crippen molar-refractivity contribution in [3.8, 4) is 11.5 Å². The number of methoxy groups -OCH3 is 1. The van der Waals surface area contributed by atoms with Gasteiger partial charge in [0, 0.05) is 34.6 Å². The van der Waals surface area contributed by atoms with Gasteiger partial charge in [0.15, 0.2) is 6.61 Å². The Kier molecular flexibility index (Phi) is 10.5. The van der Waals surface area contributed by atoms with Crippen molar-refractivity contribution in [2.45, 2.75) is 57.2 Å². The van der Waals surface area contributed by atoms with Gasteiger partial charge >= 0.3 is 0 Å². The van der Waals surface area contributed by atoms with E-state index < -0.39 is 6.04 Å². The number of nitrogens with zero attached hydrogens (tertiary/aromatic N) is 1. The van der Waals surface area contributed by atoms with E-state index in [0.29, 0.717) is 33.5 Å². The molecule has 2 amide bonds. The number of ether oxygens (including phenoxy) is 2. The highest BCUT2D eigenvalue weighted by Crippen LogP contribution is 2.28. The van der Waals surface area contributed by atoms with Crippen LogP contribution in [0.3, 0.4) is 0 Å². The van der Waals surface area contributed by atoms with Gasteiger partial charge in [-0.3, -0.25) is 9.59 Å². The Bertz CT molecular complexity index is 1210. The first-order valence-electron chi connectivity index (χ1n) is 13.3. The highest BCUT2D eigenvalue weighted by atomic mass is 35.5. The summed E-state index contributed by atoms with van der Waals surface area (Å²) in [6.45, 7) is -0.185. The van der Waals surface area contributed by atoms with Crippen molar-refractivity contribution >= 4 is 35.0 Å². The Morgan fingerprint density at radius 3 is 2.18 bits per heavy atom. The largest absolute Gasteiger partial charge is 0.497 e. The van der Waals surface area contributed by atoms with Gasteiger partial charge in [0.05, 0.1) is 7.11 Å². The summed E-state index contributed by atoms with van der Waals surface area (Å²) in [5.41, 5.74) is 1.53. The molecule has 0 heterocycles. The first-order valence-corrected chi connectivity index (χ1v) is 14.0. The Hall–Kier alpha value is -3.22. The standard InChI is InChI=1S/C31H34Cl2N2O4/c1-38-24-15-17-25(18-16-24)39-21-30(36)35(20-26-27(32)13-8-14-28(26)33)29(19-22-9-4-2-5-10-22)31(37)34-23-11-6-3-7-12-23/h2,4-5,8-10,13-18,23,29H,3,6-7,11-12,19-21H2,1H3,(H,34,37)/t29-/m1/s1. The van der Waals surface area contributed by atoms with Crippen molar-refractivity contribution in [1.29, 1.82) is 0 Å². The van der Waals surface area contributed by atoms with Gasteiger partial charge in [-0.25, -0.2) is 0 Å². The number of rotatable bonds is 11. The maximum atomic E-state index is 13.8. The molecule has 206 valence electrons. The molecule has 0 unspecified atom stereocenters. The van der Waals surface area contributed by atoms with E-state index in [0.717, 1.165) is 31.2 Å². The van der Waals surface area contributed by atoms with Crippen LogP contribution in [0.25, 0.3) is 0 Å². The molecular weight excluding hydrogens is 535 g/mol. The Morgan fingerprint density at radius 1 is 0.897 bits per heavy atom. The van der Waals surface area contributed by atoms with Gasteiger partial charge in [0.2, 0.25) is 5.91 Å². The third-order valence-electron chi connectivity index (χ3n) is 7.03. The van der Waals surface area contributed by atoms with Crippen LogP contribution in [-0.2, 0) is 22.6 Å². The predicted molar refractivity (Wildman–Crippen MR) is 154 cm³/mol. The first-order chi connectivity index (χ1) is 18.9. The summed E-state index contributed by atoms with van der Waals surface area (Å²) in [6.07, 6.45) is 5.57. The molecule has 4 rings (SSSR count). The lowest BCUT2D eigenvalue weighted by Crippen LogP contribution is -2.53. The molecule has 0 spiro atoms. The van der Waals surface area contributed by atoms with Crippen LogP contribution in [0.15, 0.2) is 72.8 Å². The van der Waals surface area contributed by atoms with Gasteiger partial charge in [-0.1, -0.05) is 78.9 Å². The van der Waals surface area contributed by atoms with Gasteiger partial charge in [-0.15, -0.1) is 0 Å². The van der Waals surface area contributed by atoms with Crippen LogP contribution in [0, 0.1) is 0 Å². The minimum absolute atomic E-state index is 0.0684. The normalized spacial score (nSPS) is 14.3. The van der Waals surface area contributed by atoms with Crippen LogP contribution in [0.5, 0.6) is 11.5 Å². The van der Waals surface area contributed by atoms with E-state index in [4.69, 9.17) is 32.7 Å². The number of halogens is 2. The molecule has 0 aromatic heterocycles. The summed E-state index contributed by atoms with van der Waals surface area (Å²) >= 11 is 13.0. The summed E-state index contributed by atoms with van der Waals surface area (Å²) in [7, 11) is 1.59. The minimum atomic E-state index is -0.784. The van der Waals surface area contributed by atoms with Crippen molar-refractivity contribution in [3.05, 3.63) is 94.0 Å². The Morgan fingerprint density at radius 2 is 1.54 bits per heavy atom. The number of nitrogens with one attached hydrogen (secondary N) is 1. The van der Waals surface area contributed by atoms with E-state index in [9.17, 15) is 9.59 Å². The predicted octanol–water partition coefficient (Wildman–Crippen LogP) is 6.47. The molecule has 1 fully saturated rings. The molecule has 3 aromatic carbocycles. The molecule has 0 aliphatic heterocycles. The molecule has 1 atom stereocenters. The quantitative estimate of drug-likeness (QED) is 0.288. The van der Waals surface area contributed by atoms with Gasteiger partial charge in [0.1, 0.15) is 17.5 Å². The molecule has 1 aliphatic rings. The van der Waals surface area contributed by atoms with Crippen molar-refractivity contribution in [1.82, 2.24) is 10.2 Å². The van der Waals surface area contributed by atoms with E-state index in [-0.39, 0.29) is 31.0 Å². The summed E-state index contributed by atoms with van der Waals surface area (Å²) in [6, 6.07) is 21.2. The zero-order valence-corrected chi connectivity index (χ0v) is 23.6. The summed E-state index contributed by atoms with van der Waals surface area (Å²) in [5, 5.41) is 4.09. The third-order valence-corrected chi connectivity index (χ3v) is 7.74. The van der Waals surface area contributed by atoms with Gasteiger partial charge in [0.25, 0.3) is 5.91 Å². The summed E-state index contributed by atoms with van der Waals surface area (Å²) < 4.78 is 11.0. The topological polar surface area (TPSA) is 67.9 Å². The van der Waals surface area contributed by atoms with Crippen LogP contribution >= 0.6 is 23.2 Å². The van der Waals surface area contributed by atoms with Crippen molar-refractivity contribution in [2.24, 2.45) is 0 Å². The molecule has 8 heteroatoms. The molecule has 1 N–H and O–H groups in total.